The van der Waals surface area contributed by atoms with Gasteiger partial charge in [-0.05, 0) is 30.7 Å². The van der Waals surface area contributed by atoms with Gasteiger partial charge in [0.1, 0.15) is 5.78 Å². The lowest BCUT2D eigenvalue weighted by Crippen LogP contribution is -2.50. The van der Waals surface area contributed by atoms with E-state index >= 15 is 0 Å². The molecule has 0 radical (unpaired) electrons. The van der Waals surface area contributed by atoms with Gasteiger partial charge in [0.05, 0.1) is 24.4 Å². The first-order valence-electron chi connectivity index (χ1n) is 9.00. The number of ketones is 1. The molecule has 2 bridgehead atoms. The lowest BCUT2D eigenvalue weighted by atomic mass is 9.65. The molecule has 1 aromatic carbocycles. The van der Waals surface area contributed by atoms with Crippen LogP contribution in [0.25, 0.3) is 0 Å². The molecule has 0 aromatic heterocycles. The highest BCUT2D eigenvalue weighted by atomic mass is 16.5. The van der Waals surface area contributed by atoms with Crippen LogP contribution >= 0.6 is 0 Å². The smallest absolute Gasteiger partial charge is 0.139 e. The van der Waals surface area contributed by atoms with Crippen LogP contribution in [0.1, 0.15) is 32.3 Å². The average Bonchev–Trinajstić information content (AvgIpc) is 2.90. The van der Waals surface area contributed by atoms with E-state index in [9.17, 15) is 15.0 Å². The molecule has 8 atom stereocenters. The summed E-state index contributed by atoms with van der Waals surface area (Å²) in [5, 5.41) is 21.4. The minimum atomic E-state index is -0.954. The van der Waals surface area contributed by atoms with Crippen LogP contribution in [0.5, 0.6) is 0 Å². The second-order valence-corrected chi connectivity index (χ2v) is 8.15. The van der Waals surface area contributed by atoms with Crippen molar-refractivity contribution in [3.8, 4) is 0 Å². The molecule has 130 valence electrons. The van der Waals surface area contributed by atoms with E-state index in [2.05, 4.69) is 0 Å². The van der Waals surface area contributed by atoms with Crippen LogP contribution in [0.15, 0.2) is 30.3 Å². The van der Waals surface area contributed by atoms with Crippen LogP contribution in [0, 0.1) is 29.6 Å². The van der Waals surface area contributed by atoms with Gasteiger partial charge < -0.3 is 14.9 Å². The molecular weight excluding hydrogens is 304 g/mol. The Morgan fingerprint density at radius 2 is 2.00 bits per heavy atom. The summed E-state index contributed by atoms with van der Waals surface area (Å²) in [4.78, 5) is 12.3. The Bertz CT molecular complexity index is 626. The molecule has 3 aliphatic carbocycles. The number of benzene rings is 1. The zero-order valence-electron chi connectivity index (χ0n) is 14.3. The number of Topliss-reactive ketones (excluding diaryl/α,β-unsaturated/α-hetero) is 1. The van der Waals surface area contributed by atoms with Gasteiger partial charge >= 0.3 is 0 Å². The van der Waals surface area contributed by atoms with Crippen molar-refractivity contribution in [2.75, 3.05) is 0 Å². The molecule has 0 spiro atoms. The fourth-order valence-electron chi connectivity index (χ4n) is 5.68. The minimum absolute atomic E-state index is 0.0141. The van der Waals surface area contributed by atoms with Crippen molar-refractivity contribution < 1.29 is 19.7 Å². The number of hydrogen-bond acceptors (Lipinski definition) is 4. The third-order valence-electron chi connectivity index (χ3n) is 6.84. The summed E-state index contributed by atoms with van der Waals surface area (Å²) >= 11 is 0. The molecule has 3 fully saturated rings. The normalized spacial score (nSPS) is 47.0. The summed E-state index contributed by atoms with van der Waals surface area (Å²) in [6.45, 7) is 4.33. The standard InChI is InChI=1S/C20H26O4/c1-11-15(21)8-13-17(14-9-16(22)18(13)20(14,2)23)19(11)24-10-12-6-4-3-5-7-12/h3-7,11,13-15,17-19,21,23H,8-10H2,1-2H3/t11-,13-,14+,15-,17+,18+,19+,20-/m0/s1. The van der Waals surface area contributed by atoms with Gasteiger partial charge in [0.25, 0.3) is 0 Å². The van der Waals surface area contributed by atoms with Gasteiger partial charge in [-0.25, -0.2) is 0 Å². The van der Waals surface area contributed by atoms with E-state index in [4.69, 9.17) is 4.74 Å². The van der Waals surface area contributed by atoms with Crippen molar-refractivity contribution in [2.45, 2.75) is 51.1 Å². The lowest BCUT2D eigenvalue weighted by Gasteiger charge is -2.45. The van der Waals surface area contributed by atoms with Crippen LogP contribution < -0.4 is 0 Å². The van der Waals surface area contributed by atoms with Crippen molar-refractivity contribution in [3.05, 3.63) is 35.9 Å². The number of aliphatic hydroxyl groups excluding tert-OH is 1. The molecule has 1 aromatic rings. The largest absolute Gasteiger partial charge is 0.393 e. The van der Waals surface area contributed by atoms with Crippen molar-refractivity contribution in [1.29, 1.82) is 0 Å². The van der Waals surface area contributed by atoms with Gasteiger partial charge in [-0.15, -0.1) is 0 Å². The zero-order chi connectivity index (χ0) is 17.1. The first-order chi connectivity index (χ1) is 11.4. The average molecular weight is 330 g/mol. The summed E-state index contributed by atoms with van der Waals surface area (Å²) in [6, 6.07) is 10.0. The number of rotatable bonds is 3. The SMILES string of the molecule is C[C@@H]1[C@@H](OCc2ccccc2)[C@@H]2[C@H](C[C@@H]1O)[C@@H]1C(=O)C[C@H]2[C@]1(C)O. The second kappa shape index (κ2) is 5.65. The van der Waals surface area contributed by atoms with E-state index in [1.807, 2.05) is 37.3 Å². The Labute approximate surface area is 142 Å². The number of ether oxygens (including phenoxy) is 1. The highest BCUT2D eigenvalue weighted by Crippen LogP contribution is 2.62. The first kappa shape index (κ1) is 16.2. The fraction of sp³-hybridized carbons (Fsp3) is 0.650. The van der Waals surface area contributed by atoms with Gasteiger partial charge in [-0.3, -0.25) is 4.79 Å². The molecule has 24 heavy (non-hydrogen) atoms. The summed E-state index contributed by atoms with van der Waals surface area (Å²) in [7, 11) is 0. The molecule has 4 nitrogen and oxygen atoms in total. The van der Waals surface area contributed by atoms with Crippen LogP contribution in [-0.2, 0) is 16.1 Å². The Kier molecular flexibility index (Phi) is 3.83. The maximum Gasteiger partial charge on any atom is 0.139 e. The molecule has 4 heteroatoms. The summed E-state index contributed by atoms with van der Waals surface area (Å²) in [5.41, 5.74) is 0.150. The molecule has 3 aliphatic rings. The van der Waals surface area contributed by atoms with E-state index in [0.717, 1.165) is 5.56 Å². The minimum Gasteiger partial charge on any atom is -0.393 e. The monoisotopic (exact) mass is 330 g/mol. The van der Waals surface area contributed by atoms with Crippen molar-refractivity contribution in [2.24, 2.45) is 29.6 Å². The van der Waals surface area contributed by atoms with E-state index < -0.39 is 11.7 Å². The van der Waals surface area contributed by atoms with Gasteiger partial charge in [-0.1, -0.05) is 37.3 Å². The van der Waals surface area contributed by atoms with Gasteiger partial charge in [0, 0.05) is 24.2 Å². The fourth-order valence-corrected chi connectivity index (χ4v) is 5.68. The Hall–Kier alpha value is -1.23. The molecular formula is C20H26O4. The number of hydrogen-bond donors (Lipinski definition) is 2. The summed E-state index contributed by atoms with van der Waals surface area (Å²) < 4.78 is 6.26. The highest BCUT2D eigenvalue weighted by Gasteiger charge is 2.68. The molecule has 2 N–H and O–H groups in total. The van der Waals surface area contributed by atoms with Gasteiger partial charge in [0.15, 0.2) is 0 Å². The zero-order valence-corrected chi connectivity index (χ0v) is 14.3. The maximum absolute atomic E-state index is 12.3. The lowest BCUT2D eigenvalue weighted by molar-refractivity contribution is -0.144. The maximum atomic E-state index is 12.3. The Morgan fingerprint density at radius 3 is 2.71 bits per heavy atom. The van der Waals surface area contributed by atoms with Crippen LogP contribution in [-0.4, -0.2) is 33.8 Å². The van der Waals surface area contributed by atoms with Crippen molar-refractivity contribution in [3.63, 3.8) is 0 Å². The molecule has 0 heterocycles. The van der Waals surface area contributed by atoms with Crippen LogP contribution in [0.2, 0.25) is 0 Å². The van der Waals surface area contributed by atoms with E-state index in [1.165, 1.54) is 0 Å². The van der Waals surface area contributed by atoms with Crippen LogP contribution in [0.3, 0.4) is 0 Å². The second-order valence-electron chi connectivity index (χ2n) is 8.15. The molecule has 0 unspecified atom stereocenters. The summed E-state index contributed by atoms with van der Waals surface area (Å²) in [5.74, 6) is -0.00809. The van der Waals surface area contributed by atoms with Gasteiger partial charge in [-0.2, -0.15) is 0 Å². The third-order valence-corrected chi connectivity index (χ3v) is 6.84. The molecule has 0 aliphatic heterocycles. The van der Waals surface area contributed by atoms with E-state index in [1.54, 1.807) is 6.92 Å². The molecule has 0 amide bonds. The molecule has 3 saturated carbocycles. The highest BCUT2D eigenvalue weighted by molar-refractivity contribution is 5.87. The predicted molar refractivity (Wildman–Crippen MR) is 89.0 cm³/mol. The topological polar surface area (TPSA) is 66.8 Å². The number of fused-ring (bicyclic) bond motifs is 5. The predicted octanol–water partition coefficient (Wildman–Crippen LogP) is 2.17. The first-order valence-corrected chi connectivity index (χ1v) is 9.00. The summed E-state index contributed by atoms with van der Waals surface area (Å²) in [6.07, 6.45) is 0.455. The number of carbonyl (C=O) groups is 1. The Balaban J connectivity index is 1.60. The molecule has 0 saturated heterocycles. The number of carbonyl (C=O) groups excluding carboxylic acids is 1. The molecule has 4 rings (SSSR count). The van der Waals surface area contributed by atoms with Crippen molar-refractivity contribution in [1.82, 2.24) is 0 Å². The number of aliphatic hydroxyl groups is 2. The van der Waals surface area contributed by atoms with Crippen molar-refractivity contribution >= 4 is 5.78 Å². The van der Waals surface area contributed by atoms with Crippen LogP contribution in [0.4, 0.5) is 0 Å². The van der Waals surface area contributed by atoms with Gasteiger partial charge in [0.2, 0.25) is 0 Å². The quantitative estimate of drug-likeness (QED) is 0.891. The Morgan fingerprint density at radius 1 is 1.29 bits per heavy atom. The van der Waals surface area contributed by atoms with E-state index in [-0.39, 0.29) is 41.5 Å². The third kappa shape index (κ3) is 2.27. The van der Waals surface area contributed by atoms with E-state index in [0.29, 0.717) is 19.4 Å².